The lowest BCUT2D eigenvalue weighted by Crippen LogP contribution is -2.32. The van der Waals surface area contributed by atoms with Gasteiger partial charge in [-0.15, -0.1) is 0 Å². The van der Waals surface area contributed by atoms with Gasteiger partial charge in [-0.2, -0.15) is 0 Å². The molecule has 0 saturated heterocycles. The summed E-state index contributed by atoms with van der Waals surface area (Å²) in [7, 11) is 1.70. The molecule has 0 atom stereocenters. The van der Waals surface area contributed by atoms with Crippen LogP contribution in [0.15, 0.2) is 16.6 Å². The lowest BCUT2D eigenvalue weighted by molar-refractivity contribution is -0.143. The minimum atomic E-state index is -0.706. The van der Waals surface area contributed by atoms with Gasteiger partial charge in [0.05, 0.1) is 17.0 Å². The summed E-state index contributed by atoms with van der Waals surface area (Å²) in [5, 5.41) is 9.84. The Bertz CT molecular complexity index is 570. The summed E-state index contributed by atoms with van der Waals surface area (Å²) in [4.78, 5) is 12.0. The molecule has 3 rings (SSSR count). The summed E-state index contributed by atoms with van der Waals surface area (Å²) in [6, 6.07) is 4.09. The lowest BCUT2D eigenvalue weighted by Gasteiger charge is -2.27. The van der Waals surface area contributed by atoms with Crippen LogP contribution in [0.3, 0.4) is 0 Å². The van der Waals surface area contributed by atoms with Crippen molar-refractivity contribution in [3.05, 3.63) is 27.7 Å². The Labute approximate surface area is 140 Å². The van der Waals surface area contributed by atoms with E-state index in [-0.39, 0.29) is 0 Å². The van der Waals surface area contributed by atoms with Crippen LogP contribution < -0.4 is 4.74 Å². The molecular formula is C18H23BrO3. The zero-order chi connectivity index (χ0) is 15.7. The molecule has 0 aliphatic heterocycles. The second kappa shape index (κ2) is 6.23. The quantitative estimate of drug-likeness (QED) is 0.814. The monoisotopic (exact) mass is 366 g/mol. The fourth-order valence-electron chi connectivity index (χ4n) is 4.25. The Hall–Kier alpha value is -1.03. The molecule has 2 fully saturated rings. The molecule has 0 aromatic heterocycles. The van der Waals surface area contributed by atoms with Gasteiger partial charge in [-0.1, -0.05) is 31.7 Å². The number of benzene rings is 1. The minimum absolute atomic E-state index is 0.499. The van der Waals surface area contributed by atoms with E-state index < -0.39 is 11.4 Å². The first-order valence-corrected chi connectivity index (χ1v) is 8.99. The topological polar surface area (TPSA) is 46.5 Å². The van der Waals surface area contributed by atoms with E-state index in [1.807, 2.05) is 6.07 Å². The van der Waals surface area contributed by atoms with Crippen LogP contribution in [-0.4, -0.2) is 18.2 Å². The first kappa shape index (κ1) is 15.9. The Kier molecular flexibility index (Phi) is 4.49. The smallest absolute Gasteiger partial charge is 0.314 e. The number of hydrogen-bond acceptors (Lipinski definition) is 2. The van der Waals surface area contributed by atoms with Gasteiger partial charge >= 0.3 is 5.97 Å². The highest BCUT2D eigenvalue weighted by atomic mass is 79.9. The number of ether oxygens (including phenoxy) is 1. The SMILES string of the molecule is COc1c(Br)cc(C2(C(=O)O)CCCC2)cc1C1CCCC1. The molecule has 0 unspecified atom stereocenters. The average Bonchev–Trinajstić information content (AvgIpc) is 3.18. The van der Waals surface area contributed by atoms with Gasteiger partial charge in [-0.3, -0.25) is 4.79 Å². The van der Waals surface area contributed by atoms with E-state index in [1.54, 1.807) is 7.11 Å². The van der Waals surface area contributed by atoms with Crippen LogP contribution in [0, 0.1) is 0 Å². The van der Waals surface area contributed by atoms with E-state index in [4.69, 9.17) is 4.74 Å². The van der Waals surface area contributed by atoms with Gasteiger partial charge in [0.2, 0.25) is 0 Å². The summed E-state index contributed by atoms with van der Waals surface area (Å²) < 4.78 is 6.50. The second-order valence-electron chi connectivity index (χ2n) is 6.66. The fourth-order valence-corrected chi connectivity index (χ4v) is 4.89. The minimum Gasteiger partial charge on any atom is -0.495 e. The van der Waals surface area contributed by atoms with E-state index >= 15 is 0 Å². The molecule has 4 heteroatoms. The zero-order valence-corrected chi connectivity index (χ0v) is 14.6. The van der Waals surface area contributed by atoms with Crippen molar-refractivity contribution >= 4 is 21.9 Å². The molecule has 0 radical (unpaired) electrons. The van der Waals surface area contributed by atoms with Gasteiger partial charge < -0.3 is 9.84 Å². The van der Waals surface area contributed by atoms with Crippen LogP contribution in [0.1, 0.15) is 68.4 Å². The van der Waals surface area contributed by atoms with Crippen LogP contribution in [0.2, 0.25) is 0 Å². The molecule has 1 aromatic carbocycles. The van der Waals surface area contributed by atoms with Crippen molar-refractivity contribution in [2.24, 2.45) is 0 Å². The molecule has 3 nitrogen and oxygen atoms in total. The maximum atomic E-state index is 12.0. The molecule has 22 heavy (non-hydrogen) atoms. The van der Waals surface area contributed by atoms with E-state index in [0.29, 0.717) is 5.92 Å². The van der Waals surface area contributed by atoms with Crippen LogP contribution >= 0.6 is 15.9 Å². The Balaban J connectivity index is 2.10. The number of rotatable bonds is 4. The molecule has 1 N–H and O–H groups in total. The highest BCUT2D eigenvalue weighted by Crippen LogP contribution is 2.47. The number of carboxylic acid groups (broad SMARTS) is 1. The van der Waals surface area contributed by atoms with Gasteiger partial charge in [-0.25, -0.2) is 0 Å². The van der Waals surface area contributed by atoms with Crippen LogP contribution in [-0.2, 0) is 10.2 Å². The Morgan fingerprint density at radius 2 is 1.86 bits per heavy atom. The summed E-state index contributed by atoms with van der Waals surface area (Å²) in [5.74, 6) is 0.701. The van der Waals surface area contributed by atoms with Crippen molar-refractivity contribution in [1.29, 1.82) is 0 Å². The van der Waals surface area contributed by atoms with Crippen molar-refractivity contribution in [3.8, 4) is 5.75 Å². The molecule has 2 aliphatic carbocycles. The van der Waals surface area contributed by atoms with Crippen LogP contribution in [0.5, 0.6) is 5.75 Å². The van der Waals surface area contributed by atoms with E-state index in [0.717, 1.165) is 41.5 Å². The number of carbonyl (C=O) groups is 1. The zero-order valence-electron chi connectivity index (χ0n) is 13.0. The molecule has 2 aliphatic rings. The normalized spacial score (nSPS) is 21.2. The highest BCUT2D eigenvalue weighted by molar-refractivity contribution is 9.10. The van der Waals surface area contributed by atoms with Crippen LogP contribution in [0.4, 0.5) is 0 Å². The van der Waals surface area contributed by atoms with Crippen molar-refractivity contribution < 1.29 is 14.6 Å². The summed E-state index contributed by atoms with van der Waals surface area (Å²) in [6.07, 6.45) is 8.32. The Morgan fingerprint density at radius 3 is 2.41 bits per heavy atom. The molecule has 1 aromatic rings. The van der Waals surface area contributed by atoms with Crippen LogP contribution in [0.25, 0.3) is 0 Å². The third-order valence-corrected chi connectivity index (χ3v) is 6.08. The highest BCUT2D eigenvalue weighted by Gasteiger charge is 2.43. The predicted molar refractivity (Wildman–Crippen MR) is 89.7 cm³/mol. The van der Waals surface area contributed by atoms with E-state index in [1.165, 1.54) is 31.2 Å². The standard InChI is InChI=1S/C18H23BrO3/c1-22-16-14(12-6-2-3-7-12)10-13(11-15(16)19)18(17(20)21)8-4-5-9-18/h10-12H,2-9H2,1H3,(H,20,21). The van der Waals surface area contributed by atoms with Gasteiger partial charge in [0.15, 0.2) is 0 Å². The van der Waals surface area contributed by atoms with Crippen molar-refractivity contribution in [2.45, 2.75) is 62.7 Å². The largest absolute Gasteiger partial charge is 0.495 e. The third-order valence-electron chi connectivity index (χ3n) is 5.49. The average molecular weight is 367 g/mol. The van der Waals surface area contributed by atoms with E-state index in [2.05, 4.69) is 22.0 Å². The number of carboxylic acids is 1. The molecule has 120 valence electrons. The number of aliphatic carboxylic acids is 1. The maximum Gasteiger partial charge on any atom is 0.314 e. The second-order valence-corrected chi connectivity index (χ2v) is 7.51. The van der Waals surface area contributed by atoms with E-state index in [9.17, 15) is 9.90 Å². The van der Waals surface area contributed by atoms with Crippen molar-refractivity contribution in [1.82, 2.24) is 0 Å². The van der Waals surface area contributed by atoms with Gasteiger partial charge in [0.25, 0.3) is 0 Å². The number of methoxy groups -OCH3 is 1. The van der Waals surface area contributed by atoms with Crippen molar-refractivity contribution in [3.63, 3.8) is 0 Å². The first-order valence-electron chi connectivity index (χ1n) is 8.20. The maximum absolute atomic E-state index is 12.0. The molecule has 0 bridgehead atoms. The molecule has 0 heterocycles. The predicted octanol–water partition coefficient (Wildman–Crippen LogP) is 5.01. The van der Waals surface area contributed by atoms with Gasteiger partial charge in [-0.05, 0) is 64.7 Å². The van der Waals surface area contributed by atoms with Crippen molar-refractivity contribution in [2.75, 3.05) is 7.11 Å². The molecule has 0 amide bonds. The first-order chi connectivity index (χ1) is 10.6. The number of hydrogen-bond donors (Lipinski definition) is 1. The molecule has 2 saturated carbocycles. The summed E-state index contributed by atoms with van der Waals surface area (Å²) in [6.45, 7) is 0. The van der Waals surface area contributed by atoms with Gasteiger partial charge in [0.1, 0.15) is 5.75 Å². The molecule has 0 spiro atoms. The lowest BCUT2D eigenvalue weighted by atomic mass is 9.77. The third kappa shape index (κ3) is 2.55. The summed E-state index contributed by atoms with van der Waals surface area (Å²) in [5.41, 5.74) is 1.44. The summed E-state index contributed by atoms with van der Waals surface area (Å²) >= 11 is 3.61. The fraction of sp³-hybridized carbons (Fsp3) is 0.611. The Morgan fingerprint density at radius 1 is 1.23 bits per heavy atom. The van der Waals surface area contributed by atoms with Gasteiger partial charge in [0, 0.05) is 0 Å². The molecular weight excluding hydrogens is 344 g/mol. The number of halogens is 1.